The molecule has 2 atom stereocenters. The van der Waals surface area contributed by atoms with Gasteiger partial charge in [-0.2, -0.15) is 0 Å². The Hall–Kier alpha value is -4.50. The summed E-state index contributed by atoms with van der Waals surface area (Å²) in [5, 5.41) is 6.75. The Morgan fingerprint density at radius 3 is 2.61 bits per heavy atom. The molecule has 8 nitrogen and oxygen atoms in total. The normalized spacial score (nSPS) is 18.2. The van der Waals surface area contributed by atoms with Crippen molar-refractivity contribution in [2.75, 3.05) is 37.0 Å². The molecule has 4 aromatic rings. The van der Waals surface area contributed by atoms with E-state index in [-0.39, 0.29) is 23.8 Å². The van der Waals surface area contributed by atoms with Crippen molar-refractivity contribution in [3.63, 3.8) is 0 Å². The number of methoxy groups -OCH3 is 1. The molecule has 2 aliphatic rings. The Labute approximate surface area is 239 Å². The number of fused-ring (bicyclic) bond motifs is 3. The van der Waals surface area contributed by atoms with Crippen molar-refractivity contribution in [2.24, 2.45) is 0 Å². The number of halogens is 1. The second kappa shape index (κ2) is 11.2. The number of nitrogens with zero attached hydrogens (tertiary/aromatic N) is 4. The molecule has 3 heterocycles. The maximum atomic E-state index is 15.2. The number of anilines is 4. The lowest BCUT2D eigenvalue weighted by molar-refractivity contribution is 0.0674. The van der Waals surface area contributed by atoms with E-state index in [9.17, 15) is 4.79 Å². The van der Waals surface area contributed by atoms with Gasteiger partial charge in [0.2, 0.25) is 5.95 Å². The Bertz CT molecular complexity index is 1580. The molecule has 9 heteroatoms. The van der Waals surface area contributed by atoms with Gasteiger partial charge >= 0.3 is 0 Å². The van der Waals surface area contributed by atoms with Gasteiger partial charge in [-0.25, -0.2) is 14.4 Å². The summed E-state index contributed by atoms with van der Waals surface area (Å²) in [6.07, 6.45) is 2.43. The number of nitrogens with one attached hydrogen (secondary N) is 2. The third kappa shape index (κ3) is 5.45. The Morgan fingerprint density at radius 2 is 1.83 bits per heavy atom. The minimum atomic E-state index is -0.322. The van der Waals surface area contributed by atoms with Crippen LogP contribution in [0.5, 0.6) is 5.75 Å². The lowest BCUT2D eigenvalue weighted by Crippen LogP contribution is -2.55. The molecular weight excluding hydrogens is 519 g/mol. The van der Waals surface area contributed by atoms with Gasteiger partial charge in [-0.05, 0) is 68.3 Å². The molecule has 6 rings (SSSR count). The number of aromatic nitrogens is 2. The van der Waals surface area contributed by atoms with E-state index in [4.69, 9.17) is 9.72 Å². The van der Waals surface area contributed by atoms with Crippen molar-refractivity contribution >= 4 is 28.9 Å². The minimum absolute atomic E-state index is 0.0333. The maximum absolute atomic E-state index is 15.2. The van der Waals surface area contributed by atoms with Crippen LogP contribution in [0.25, 0.3) is 11.3 Å². The van der Waals surface area contributed by atoms with Crippen LogP contribution in [-0.2, 0) is 6.42 Å². The topological polar surface area (TPSA) is 82.6 Å². The first-order chi connectivity index (χ1) is 19.9. The smallest absolute Gasteiger partial charge is 0.254 e. The number of ether oxygens (including phenoxy) is 1. The van der Waals surface area contributed by atoms with Crippen LogP contribution in [0.4, 0.5) is 27.4 Å². The second-order valence-corrected chi connectivity index (χ2v) is 10.7. The van der Waals surface area contributed by atoms with Crippen molar-refractivity contribution < 1.29 is 13.9 Å². The van der Waals surface area contributed by atoms with E-state index in [1.54, 1.807) is 19.2 Å². The fourth-order valence-electron chi connectivity index (χ4n) is 5.75. The first kappa shape index (κ1) is 26.7. The zero-order valence-electron chi connectivity index (χ0n) is 23.4. The summed E-state index contributed by atoms with van der Waals surface area (Å²) in [5.41, 5.74) is 5.08. The van der Waals surface area contributed by atoms with Gasteiger partial charge in [-0.3, -0.25) is 4.79 Å². The van der Waals surface area contributed by atoms with Crippen LogP contribution in [0.3, 0.4) is 0 Å². The zero-order chi connectivity index (χ0) is 28.5. The number of carbonyl (C=O) groups is 1. The van der Waals surface area contributed by atoms with Crippen LogP contribution >= 0.6 is 0 Å². The molecule has 0 aliphatic carbocycles. The number of benzene rings is 3. The number of hydrogen-bond acceptors (Lipinski definition) is 7. The van der Waals surface area contributed by atoms with Gasteiger partial charge in [-0.15, -0.1) is 0 Å². The average molecular weight is 553 g/mol. The molecule has 1 aromatic heterocycles. The molecule has 0 saturated carbocycles. The number of hydrogen-bond donors (Lipinski definition) is 2. The molecule has 2 unspecified atom stereocenters. The summed E-state index contributed by atoms with van der Waals surface area (Å²) >= 11 is 0. The summed E-state index contributed by atoms with van der Waals surface area (Å²) in [7, 11) is 1.62. The number of piperazine rings is 1. The first-order valence-electron chi connectivity index (χ1n) is 13.9. The van der Waals surface area contributed by atoms with Crippen LogP contribution in [-0.4, -0.2) is 59.6 Å². The van der Waals surface area contributed by atoms with E-state index < -0.39 is 0 Å². The van der Waals surface area contributed by atoms with Gasteiger partial charge in [0, 0.05) is 60.8 Å². The molecule has 3 aromatic carbocycles. The first-order valence-corrected chi connectivity index (χ1v) is 13.9. The number of para-hydroxylation sites is 1. The van der Waals surface area contributed by atoms with Crippen LogP contribution in [0.1, 0.15) is 29.8 Å². The molecule has 1 fully saturated rings. The van der Waals surface area contributed by atoms with E-state index in [0.29, 0.717) is 43.3 Å². The van der Waals surface area contributed by atoms with Crippen LogP contribution in [0.15, 0.2) is 72.9 Å². The lowest BCUT2D eigenvalue weighted by atomic mass is 10.0. The number of rotatable bonds is 5. The Balaban J connectivity index is 1.43. The van der Waals surface area contributed by atoms with Crippen molar-refractivity contribution in [1.29, 1.82) is 0 Å². The quantitative estimate of drug-likeness (QED) is 0.336. The molecular formula is C32H33FN6O2. The van der Waals surface area contributed by atoms with Gasteiger partial charge in [-0.1, -0.05) is 18.2 Å². The molecule has 2 aliphatic heterocycles. The molecule has 1 amide bonds. The summed E-state index contributed by atoms with van der Waals surface area (Å²) < 4.78 is 20.5. The highest BCUT2D eigenvalue weighted by Gasteiger charge is 2.29. The van der Waals surface area contributed by atoms with Crippen molar-refractivity contribution in [2.45, 2.75) is 32.4 Å². The SMILES string of the molecule is COc1cccc(Nc2ncc3c(n2)-c2ccc(C(=O)N4CC(C)NC(C)C4)cc2N(c2ccccc2F)CC3)c1. The molecule has 0 bridgehead atoms. The fourth-order valence-corrected chi connectivity index (χ4v) is 5.75. The van der Waals surface area contributed by atoms with Crippen molar-refractivity contribution in [3.05, 3.63) is 89.9 Å². The average Bonchev–Trinajstić information content (AvgIpc) is 3.13. The van der Waals surface area contributed by atoms with Crippen molar-refractivity contribution in [1.82, 2.24) is 20.2 Å². The predicted molar refractivity (Wildman–Crippen MR) is 159 cm³/mol. The Kier molecular flexibility index (Phi) is 7.28. The lowest BCUT2D eigenvalue weighted by Gasteiger charge is -2.36. The largest absolute Gasteiger partial charge is 0.497 e. The molecule has 1 saturated heterocycles. The molecule has 0 radical (unpaired) electrons. The molecule has 0 spiro atoms. The monoisotopic (exact) mass is 552 g/mol. The van der Waals surface area contributed by atoms with Gasteiger partial charge in [0.15, 0.2) is 0 Å². The summed E-state index contributed by atoms with van der Waals surface area (Å²) in [5.74, 6) is 0.804. The minimum Gasteiger partial charge on any atom is -0.497 e. The van der Waals surface area contributed by atoms with E-state index in [1.165, 1.54) is 6.07 Å². The highest BCUT2D eigenvalue weighted by molar-refractivity contribution is 5.98. The third-order valence-corrected chi connectivity index (χ3v) is 7.57. The number of carbonyl (C=O) groups excluding carboxylic acids is 1. The van der Waals surface area contributed by atoms with E-state index in [1.807, 2.05) is 64.5 Å². The van der Waals surface area contributed by atoms with Gasteiger partial charge in [0.25, 0.3) is 5.91 Å². The van der Waals surface area contributed by atoms with E-state index in [0.717, 1.165) is 33.9 Å². The molecule has 2 N–H and O–H groups in total. The molecule has 41 heavy (non-hydrogen) atoms. The Morgan fingerprint density at radius 1 is 1.02 bits per heavy atom. The highest BCUT2D eigenvalue weighted by atomic mass is 19.1. The van der Waals surface area contributed by atoms with Crippen molar-refractivity contribution in [3.8, 4) is 17.0 Å². The van der Waals surface area contributed by atoms with Crippen LogP contribution in [0.2, 0.25) is 0 Å². The van der Waals surface area contributed by atoms with Gasteiger partial charge < -0.3 is 25.2 Å². The summed E-state index contributed by atoms with van der Waals surface area (Å²) in [4.78, 5) is 27.0. The van der Waals surface area contributed by atoms with E-state index >= 15 is 4.39 Å². The summed E-state index contributed by atoms with van der Waals surface area (Å²) in [6, 6.07) is 20.4. The zero-order valence-corrected chi connectivity index (χ0v) is 23.4. The van der Waals surface area contributed by atoms with Gasteiger partial charge in [0.1, 0.15) is 11.6 Å². The number of amides is 1. The standard InChI is InChI=1S/C32H33FN6O2/c1-20-18-38(19-21(2)35-20)31(40)22-11-12-26-29(15-22)39(28-10-5-4-9-27(28)33)14-13-23-17-34-32(37-30(23)26)36-24-7-6-8-25(16-24)41-3/h4-12,15-17,20-21,35H,13-14,18-19H2,1-3H3,(H,34,36,37). The summed E-state index contributed by atoms with van der Waals surface area (Å²) in [6.45, 7) is 5.94. The fraction of sp³-hybridized carbons (Fsp3) is 0.281. The van der Waals surface area contributed by atoms with E-state index in [2.05, 4.69) is 29.5 Å². The van der Waals surface area contributed by atoms with Crippen LogP contribution < -0.4 is 20.3 Å². The molecule has 210 valence electrons. The highest BCUT2D eigenvalue weighted by Crippen LogP contribution is 2.41. The maximum Gasteiger partial charge on any atom is 0.254 e. The van der Waals surface area contributed by atoms with Gasteiger partial charge in [0.05, 0.1) is 24.2 Å². The van der Waals surface area contributed by atoms with Crippen LogP contribution in [0, 0.1) is 5.82 Å². The predicted octanol–water partition coefficient (Wildman–Crippen LogP) is 5.55. The third-order valence-electron chi connectivity index (χ3n) is 7.57. The second-order valence-electron chi connectivity index (χ2n) is 10.7.